The molecule has 0 aliphatic rings. The standard InChI is InChI=1S/C16H12ClNO2S/c1-2-20-16(19)11-7-13(10-4-3-5-12(17)6-10)15-14(8-11)21-9-18-15/h3-9H,2H2,1H3. The van der Waals surface area contributed by atoms with Gasteiger partial charge in [0, 0.05) is 10.6 Å². The Labute approximate surface area is 131 Å². The molecule has 0 saturated carbocycles. The van der Waals surface area contributed by atoms with E-state index in [-0.39, 0.29) is 5.97 Å². The second-order valence-corrected chi connectivity index (χ2v) is 5.78. The Kier molecular flexibility index (Phi) is 3.90. The van der Waals surface area contributed by atoms with Crippen LogP contribution in [-0.2, 0) is 4.74 Å². The van der Waals surface area contributed by atoms with Gasteiger partial charge < -0.3 is 4.74 Å². The van der Waals surface area contributed by atoms with Crippen molar-refractivity contribution in [3.8, 4) is 11.1 Å². The van der Waals surface area contributed by atoms with E-state index in [0.717, 1.165) is 21.3 Å². The van der Waals surface area contributed by atoms with Crippen molar-refractivity contribution in [2.75, 3.05) is 6.61 Å². The van der Waals surface area contributed by atoms with Gasteiger partial charge in [0.2, 0.25) is 0 Å². The normalized spacial score (nSPS) is 10.8. The Morgan fingerprint density at radius 2 is 2.19 bits per heavy atom. The molecule has 0 fully saturated rings. The number of ether oxygens (including phenoxy) is 1. The summed E-state index contributed by atoms with van der Waals surface area (Å²) in [6, 6.07) is 11.1. The van der Waals surface area contributed by atoms with Gasteiger partial charge in [-0.3, -0.25) is 0 Å². The van der Waals surface area contributed by atoms with Gasteiger partial charge in [0.15, 0.2) is 0 Å². The Bertz CT molecular complexity index is 813. The van der Waals surface area contributed by atoms with Gasteiger partial charge in [-0.1, -0.05) is 23.7 Å². The second kappa shape index (κ2) is 5.84. The van der Waals surface area contributed by atoms with E-state index in [1.165, 1.54) is 11.3 Å². The molecule has 0 spiro atoms. The van der Waals surface area contributed by atoms with Gasteiger partial charge >= 0.3 is 5.97 Å². The third-order valence-electron chi connectivity index (χ3n) is 3.08. The van der Waals surface area contributed by atoms with Gasteiger partial charge in [-0.05, 0) is 36.8 Å². The topological polar surface area (TPSA) is 39.2 Å². The van der Waals surface area contributed by atoms with Crippen LogP contribution in [0.4, 0.5) is 0 Å². The molecule has 0 radical (unpaired) electrons. The van der Waals surface area contributed by atoms with E-state index in [4.69, 9.17) is 16.3 Å². The molecule has 1 heterocycles. The van der Waals surface area contributed by atoms with Crippen molar-refractivity contribution >= 4 is 39.1 Å². The summed E-state index contributed by atoms with van der Waals surface area (Å²) in [6.45, 7) is 2.15. The van der Waals surface area contributed by atoms with Gasteiger partial charge in [0.05, 0.1) is 27.9 Å². The lowest BCUT2D eigenvalue weighted by molar-refractivity contribution is 0.0526. The van der Waals surface area contributed by atoms with Crippen molar-refractivity contribution < 1.29 is 9.53 Å². The number of carbonyl (C=O) groups excluding carboxylic acids is 1. The van der Waals surface area contributed by atoms with Crippen LogP contribution < -0.4 is 0 Å². The maximum atomic E-state index is 12.0. The predicted molar refractivity (Wildman–Crippen MR) is 86.0 cm³/mol. The number of rotatable bonds is 3. The Morgan fingerprint density at radius 1 is 1.33 bits per heavy atom. The summed E-state index contributed by atoms with van der Waals surface area (Å²) >= 11 is 7.56. The average molecular weight is 318 g/mol. The molecular formula is C16H12ClNO2S. The van der Waals surface area contributed by atoms with E-state index in [2.05, 4.69) is 4.98 Å². The maximum absolute atomic E-state index is 12.0. The third-order valence-corrected chi connectivity index (χ3v) is 4.09. The number of esters is 1. The van der Waals surface area contributed by atoms with Crippen LogP contribution in [0.5, 0.6) is 0 Å². The molecule has 3 rings (SSSR count). The first kappa shape index (κ1) is 14.0. The number of halogens is 1. The lowest BCUT2D eigenvalue weighted by atomic mass is 10.0. The molecule has 106 valence electrons. The zero-order valence-electron chi connectivity index (χ0n) is 11.3. The largest absolute Gasteiger partial charge is 0.462 e. The summed E-state index contributed by atoms with van der Waals surface area (Å²) in [5.41, 5.74) is 5.00. The number of fused-ring (bicyclic) bond motifs is 1. The SMILES string of the molecule is CCOC(=O)c1cc(-c2cccc(Cl)c2)c2ncsc2c1. The number of hydrogen-bond donors (Lipinski definition) is 0. The number of aromatic nitrogens is 1. The minimum absolute atomic E-state index is 0.323. The molecule has 0 N–H and O–H groups in total. The number of hydrogen-bond acceptors (Lipinski definition) is 4. The average Bonchev–Trinajstić information content (AvgIpc) is 2.94. The molecule has 0 saturated heterocycles. The zero-order chi connectivity index (χ0) is 14.8. The molecule has 1 aromatic heterocycles. The van der Waals surface area contributed by atoms with Gasteiger partial charge in [-0.15, -0.1) is 11.3 Å². The first-order valence-corrected chi connectivity index (χ1v) is 7.75. The molecule has 2 aromatic carbocycles. The summed E-state index contributed by atoms with van der Waals surface area (Å²) in [7, 11) is 0. The van der Waals surface area contributed by atoms with Crippen LogP contribution >= 0.6 is 22.9 Å². The summed E-state index contributed by atoms with van der Waals surface area (Å²) < 4.78 is 6.04. The maximum Gasteiger partial charge on any atom is 0.338 e. The van der Waals surface area contributed by atoms with E-state index in [9.17, 15) is 4.79 Å². The molecule has 0 bridgehead atoms. The monoisotopic (exact) mass is 317 g/mol. The Morgan fingerprint density at radius 3 is 2.95 bits per heavy atom. The predicted octanol–water partition coefficient (Wildman–Crippen LogP) is 4.79. The summed E-state index contributed by atoms with van der Waals surface area (Å²) in [6.07, 6.45) is 0. The van der Waals surface area contributed by atoms with Crippen molar-refractivity contribution in [3.63, 3.8) is 0 Å². The van der Waals surface area contributed by atoms with Crippen molar-refractivity contribution in [1.82, 2.24) is 4.98 Å². The molecular weight excluding hydrogens is 306 g/mol. The van der Waals surface area contributed by atoms with Gasteiger partial charge in [0.1, 0.15) is 0 Å². The number of nitrogens with zero attached hydrogens (tertiary/aromatic N) is 1. The van der Waals surface area contributed by atoms with Crippen molar-refractivity contribution in [3.05, 3.63) is 52.5 Å². The van der Waals surface area contributed by atoms with E-state index in [1.807, 2.05) is 36.4 Å². The molecule has 5 heteroatoms. The first-order valence-electron chi connectivity index (χ1n) is 6.49. The van der Waals surface area contributed by atoms with E-state index in [1.54, 1.807) is 12.4 Å². The molecule has 0 aliphatic carbocycles. The third kappa shape index (κ3) is 2.77. The molecule has 3 aromatic rings. The van der Waals surface area contributed by atoms with Crippen LogP contribution in [0.2, 0.25) is 5.02 Å². The van der Waals surface area contributed by atoms with Crippen LogP contribution in [0.15, 0.2) is 41.9 Å². The number of thiazole rings is 1. The van der Waals surface area contributed by atoms with Crippen LogP contribution in [0.1, 0.15) is 17.3 Å². The molecule has 3 nitrogen and oxygen atoms in total. The zero-order valence-corrected chi connectivity index (χ0v) is 12.9. The van der Waals surface area contributed by atoms with Crippen LogP contribution in [-0.4, -0.2) is 17.6 Å². The minimum Gasteiger partial charge on any atom is -0.462 e. The first-order chi connectivity index (χ1) is 10.2. The lowest BCUT2D eigenvalue weighted by Gasteiger charge is -2.07. The number of benzene rings is 2. The fourth-order valence-electron chi connectivity index (χ4n) is 2.18. The molecule has 0 amide bonds. The molecule has 0 atom stereocenters. The minimum atomic E-state index is -0.323. The van der Waals surface area contributed by atoms with Gasteiger partial charge in [0.25, 0.3) is 0 Å². The quantitative estimate of drug-likeness (QED) is 0.652. The molecule has 0 aliphatic heterocycles. The van der Waals surface area contributed by atoms with Gasteiger partial charge in [-0.25, -0.2) is 9.78 Å². The summed E-state index contributed by atoms with van der Waals surface area (Å²) in [5.74, 6) is -0.323. The Hall–Kier alpha value is -1.91. The van der Waals surface area contributed by atoms with Crippen LogP contribution in [0, 0.1) is 0 Å². The second-order valence-electron chi connectivity index (χ2n) is 4.45. The fraction of sp³-hybridized carbons (Fsp3) is 0.125. The highest BCUT2D eigenvalue weighted by Gasteiger charge is 2.14. The fourth-order valence-corrected chi connectivity index (χ4v) is 3.11. The Balaban J connectivity index is 2.20. The smallest absolute Gasteiger partial charge is 0.338 e. The highest BCUT2D eigenvalue weighted by atomic mass is 35.5. The van der Waals surface area contributed by atoms with E-state index in [0.29, 0.717) is 17.2 Å². The van der Waals surface area contributed by atoms with Crippen molar-refractivity contribution in [2.24, 2.45) is 0 Å². The number of carbonyl (C=O) groups is 1. The van der Waals surface area contributed by atoms with E-state index < -0.39 is 0 Å². The van der Waals surface area contributed by atoms with Crippen molar-refractivity contribution in [1.29, 1.82) is 0 Å². The van der Waals surface area contributed by atoms with E-state index >= 15 is 0 Å². The van der Waals surface area contributed by atoms with Crippen molar-refractivity contribution in [2.45, 2.75) is 6.92 Å². The molecule has 21 heavy (non-hydrogen) atoms. The van der Waals surface area contributed by atoms with Gasteiger partial charge in [-0.2, -0.15) is 0 Å². The van der Waals surface area contributed by atoms with Crippen LogP contribution in [0.3, 0.4) is 0 Å². The highest BCUT2D eigenvalue weighted by Crippen LogP contribution is 2.32. The summed E-state index contributed by atoms with van der Waals surface area (Å²) in [5, 5.41) is 0.650. The molecule has 0 unspecified atom stereocenters. The highest BCUT2D eigenvalue weighted by molar-refractivity contribution is 7.16. The lowest BCUT2D eigenvalue weighted by Crippen LogP contribution is -2.04. The summed E-state index contributed by atoms with van der Waals surface area (Å²) in [4.78, 5) is 16.4. The van der Waals surface area contributed by atoms with Crippen LogP contribution in [0.25, 0.3) is 21.3 Å².